The van der Waals surface area contributed by atoms with E-state index in [1.54, 1.807) is 10.9 Å². The fraction of sp³-hybridized carbons (Fsp3) is 0.667. The number of hydrogen-bond acceptors (Lipinski definition) is 6. The lowest BCUT2D eigenvalue weighted by Gasteiger charge is -2.52. The lowest BCUT2D eigenvalue weighted by molar-refractivity contribution is -0.124. The molecule has 1 amide bonds. The molecule has 8 nitrogen and oxygen atoms in total. The summed E-state index contributed by atoms with van der Waals surface area (Å²) in [7, 11) is 0. The lowest BCUT2D eigenvalue weighted by atomic mass is 9.61. The van der Waals surface area contributed by atoms with E-state index in [0.29, 0.717) is 11.9 Å². The second-order valence-electron chi connectivity index (χ2n) is 7.66. The number of piperidine rings is 1. The molecule has 1 aliphatic carbocycles. The summed E-state index contributed by atoms with van der Waals surface area (Å²) >= 11 is 0. The fourth-order valence-corrected chi connectivity index (χ4v) is 4.28. The van der Waals surface area contributed by atoms with Gasteiger partial charge in [0.25, 0.3) is 0 Å². The molecule has 0 radical (unpaired) electrons. The van der Waals surface area contributed by atoms with Gasteiger partial charge in [-0.05, 0) is 44.1 Å². The maximum Gasteiger partial charge on any atom is 0.318 e. The molecule has 2 fully saturated rings. The minimum Gasteiger partial charge on any atom is -0.408 e. The molecule has 3 heterocycles. The smallest absolute Gasteiger partial charge is 0.318 e. The van der Waals surface area contributed by atoms with E-state index in [0.717, 1.165) is 44.5 Å². The van der Waals surface area contributed by atoms with Crippen LogP contribution in [0.25, 0.3) is 0 Å². The maximum atomic E-state index is 12.2. The standard InChI is InChI=1S/C18H26N6O2/c1-3-16-21-22-17(26-16)23-8-4-6-18(12-23)9-14(10-18)20-15(25)11-24-13(2)5-7-19-24/h5,7,14H,3-4,6,8-12H2,1-2H3,(H,20,25). The SMILES string of the molecule is CCc1nnc(N2CCCC3(CC(NC(=O)Cn4nccc4C)C3)C2)o1. The Balaban J connectivity index is 1.30. The van der Waals surface area contributed by atoms with Crippen LogP contribution in [0, 0.1) is 12.3 Å². The van der Waals surface area contributed by atoms with Gasteiger partial charge in [-0.25, -0.2) is 0 Å². The summed E-state index contributed by atoms with van der Waals surface area (Å²) in [5.74, 6) is 0.723. The van der Waals surface area contributed by atoms with Gasteiger partial charge in [0, 0.05) is 37.4 Å². The Bertz CT molecular complexity index is 776. The Labute approximate surface area is 153 Å². The zero-order valence-electron chi connectivity index (χ0n) is 15.4. The van der Waals surface area contributed by atoms with Crippen molar-refractivity contribution in [3.63, 3.8) is 0 Å². The van der Waals surface area contributed by atoms with E-state index in [4.69, 9.17) is 4.42 Å². The molecule has 0 bridgehead atoms. The van der Waals surface area contributed by atoms with Crippen LogP contribution >= 0.6 is 0 Å². The number of rotatable bonds is 5. The molecule has 0 atom stereocenters. The first kappa shape index (κ1) is 17.1. The lowest BCUT2D eigenvalue weighted by Crippen LogP contribution is -2.57. The maximum absolute atomic E-state index is 12.2. The molecule has 1 saturated heterocycles. The zero-order valence-corrected chi connectivity index (χ0v) is 15.4. The van der Waals surface area contributed by atoms with Gasteiger partial charge < -0.3 is 14.6 Å². The second-order valence-corrected chi connectivity index (χ2v) is 7.66. The number of nitrogens with zero attached hydrogens (tertiary/aromatic N) is 5. The Morgan fingerprint density at radius 3 is 2.96 bits per heavy atom. The molecule has 26 heavy (non-hydrogen) atoms. The number of anilines is 1. The van der Waals surface area contributed by atoms with Gasteiger partial charge in [0.15, 0.2) is 0 Å². The second kappa shape index (κ2) is 6.74. The summed E-state index contributed by atoms with van der Waals surface area (Å²) in [6.45, 7) is 6.15. The average molecular weight is 358 g/mol. The summed E-state index contributed by atoms with van der Waals surface area (Å²) < 4.78 is 7.45. The molecule has 4 rings (SSSR count). The molecule has 2 aliphatic rings. The van der Waals surface area contributed by atoms with Gasteiger partial charge in [-0.2, -0.15) is 5.10 Å². The van der Waals surface area contributed by atoms with Crippen molar-refractivity contribution in [3.05, 3.63) is 23.8 Å². The monoisotopic (exact) mass is 358 g/mol. The quantitative estimate of drug-likeness (QED) is 0.875. The van der Waals surface area contributed by atoms with Crippen LogP contribution in [0.2, 0.25) is 0 Å². The molecule has 2 aromatic rings. The molecule has 8 heteroatoms. The number of carbonyl (C=O) groups is 1. The number of carbonyl (C=O) groups excluding carboxylic acids is 1. The highest BCUT2D eigenvalue weighted by atomic mass is 16.4. The molecule has 0 aromatic carbocycles. The van der Waals surface area contributed by atoms with Crippen molar-refractivity contribution in [1.29, 1.82) is 0 Å². The normalized spacial score (nSPS) is 25.3. The van der Waals surface area contributed by atoms with Crippen molar-refractivity contribution in [3.8, 4) is 0 Å². The van der Waals surface area contributed by atoms with E-state index in [2.05, 4.69) is 25.5 Å². The van der Waals surface area contributed by atoms with Crippen LogP contribution in [0.5, 0.6) is 0 Å². The van der Waals surface area contributed by atoms with Crippen LogP contribution in [-0.2, 0) is 17.8 Å². The molecule has 1 saturated carbocycles. The van der Waals surface area contributed by atoms with Crippen LogP contribution in [-0.4, -0.2) is 45.0 Å². The summed E-state index contributed by atoms with van der Waals surface area (Å²) in [5.41, 5.74) is 1.26. The van der Waals surface area contributed by atoms with E-state index in [-0.39, 0.29) is 23.9 Å². The summed E-state index contributed by atoms with van der Waals surface area (Å²) in [6, 6.07) is 2.80. The highest BCUT2D eigenvalue weighted by Gasteiger charge is 2.47. The Morgan fingerprint density at radius 1 is 1.42 bits per heavy atom. The number of aromatic nitrogens is 4. The third-order valence-corrected chi connectivity index (χ3v) is 5.64. The number of hydrogen-bond donors (Lipinski definition) is 1. The predicted octanol–water partition coefficient (Wildman–Crippen LogP) is 1.70. The van der Waals surface area contributed by atoms with Crippen LogP contribution in [0.15, 0.2) is 16.7 Å². The molecule has 0 unspecified atom stereocenters. The summed E-state index contributed by atoms with van der Waals surface area (Å²) in [6.07, 6.45) is 6.83. The Hall–Kier alpha value is -2.38. The summed E-state index contributed by atoms with van der Waals surface area (Å²) in [5, 5.41) is 15.6. The largest absolute Gasteiger partial charge is 0.408 e. The predicted molar refractivity (Wildman–Crippen MR) is 95.7 cm³/mol. The number of nitrogens with one attached hydrogen (secondary N) is 1. The average Bonchev–Trinajstić information content (AvgIpc) is 3.23. The minimum absolute atomic E-state index is 0.0359. The van der Waals surface area contributed by atoms with Crippen LogP contribution in [0.3, 0.4) is 0 Å². The number of aryl methyl sites for hydroxylation is 2. The van der Waals surface area contributed by atoms with Gasteiger partial charge in [0.05, 0.1) is 0 Å². The molecular weight excluding hydrogens is 332 g/mol. The van der Waals surface area contributed by atoms with Gasteiger partial charge in [-0.3, -0.25) is 9.48 Å². The van der Waals surface area contributed by atoms with Gasteiger partial charge in [-0.1, -0.05) is 12.0 Å². The van der Waals surface area contributed by atoms with Crippen LogP contribution in [0.4, 0.5) is 6.01 Å². The highest BCUT2D eigenvalue weighted by molar-refractivity contribution is 5.76. The van der Waals surface area contributed by atoms with Crippen molar-refractivity contribution >= 4 is 11.9 Å². The van der Waals surface area contributed by atoms with Crippen molar-refractivity contribution in [1.82, 2.24) is 25.3 Å². The van der Waals surface area contributed by atoms with Crippen molar-refractivity contribution in [2.24, 2.45) is 5.41 Å². The molecule has 1 spiro atoms. The van der Waals surface area contributed by atoms with Gasteiger partial charge in [0.1, 0.15) is 6.54 Å². The van der Waals surface area contributed by atoms with E-state index in [1.165, 1.54) is 6.42 Å². The Kier molecular flexibility index (Phi) is 4.42. The van der Waals surface area contributed by atoms with E-state index < -0.39 is 0 Å². The molecule has 1 aliphatic heterocycles. The van der Waals surface area contributed by atoms with E-state index in [9.17, 15) is 4.79 Å². The minimum atomic E-state index is 0.0359. The van der Waals surface area contributed by atoms with E-state index in [1.807, 2.05) is 19.9 Å². The fourth-order valence-electron chi connectivity index (χ4n) is 4.28. The van der Waals surface area contributed by atoms with Crippen molar-refractivity contribution in [2.75, 3.05) is 18.0 Å². The zero-order chi connectivity index (χ0) is 18.1. The van der Waals surface area contributed by atoms with Gasteiger partial charge in [0.2, 0.25) is 11.8 Å². The third kappa shape index (κ3) is 3.32. The summed E-state index contributed by atoms with van der Waals surface area (Å²) in [4.78, 5) is 14.5. The van der Waals surface area contributed by atoms with Crippen LogP contribution in [0.1, 0.15) is 44.2 Å². The molecular formula is C18H26N6O2. The van der Waals surface area contributed by atoms with Gasteiger partial charge >= 0.3 is 6.01 Å². The Morgan fingerprint density at radius 2 is 2.27 bits per heavy atom. The first-order valence-corrected chi connectivity index (χ1v) is 9.42. The van der Waals surface area contributed by atoms with Gasteiger partial charge in [-0.15, -0.1) is 5.10 Å². The van der Waals surface area contributed by atoms with E-state index >= 15 is 0 Å². The van der Waals surface area contributed by atoms with Crippen molar-refractivity contribution < 1.29 is 9.21 Å². The van der Waals surface area contributed by atoms with Crippen molar-refractivity contribution in [2.45, 2.75) is 58.5 Å². The first-order chi connectivity index (χ1) is 12.6. The third-order valence-electron chi connectivity index (χ3n) is 5.64. The molecule has 140 valence electrons. The molecule has 2 aromatic heterocycles. The van der Waals surface area contributed by atoms with Crippen LogP contribution < -0.4 is 10.2 Å². The highest BCUT2D eigenvalue weighted by Crippen LogP contribution is 2.48. The topological polar surface area (TPSA) is 89.1 Å². The first-order valence-electron chi connectivity index (χ1n) is 9.42. The molecule has 1 N–H and O–H groups in total. The number of amides is 1.